The number of aromatic nitrogens is 6. The zero-order valence-corrected chi connectivity index (χ0v) is 26.4. The minimum Gasteiger partial charge on any atom is -0.208 e. The van der Waals surface area contributed by atoms with Gasteiger partial charge in [-0.2, -0.15) is 0 Å². The van der Waals surface area contributed by atoms with Crippen LogP contribution in [0.25, 0.3) is 79.5 Å². The first-order valence-corrected chi connectivity index (χ1v) is 16.2. The smallest absolute Gasteiger partial charge is 0.164 e. The van der Waals surface area contributed by atoms with E-state index in [9.17, 15) is 0 Å². The van der Waals surface area contributed by atoms with E-state index in [4.69, 9.17) is 29.9 Å². The SMILES string of the molecule is c1ccc(-c2nc3nc(n2)-c2cccc(c2)-c2cccc(c2)-c2nc(-c4ccccc4)nc(n2)-c2cccc(c2)Cc2cccc-3c2)cc1. The molecule has 9 rings (SSSR count). The van der Waals surface area contributed by atoms with Crippen molar-refractivity contribution in [2.75, 3.05) is 0 Å². The van der Waals surface area contributed by atoms with Crippen LogP contribution >= 0.6 is 0 Å². The van der Waals surface area contributed by atoms with Crippen molar-refractivity contribution in [3.05, 3.63) is 169 Å². The second kappa shape index (κ2) is 12.2. The van der Waals surface area contributed by atoms with E-state index in [0.29, 0.717) is 34.9 Å². The summed E-state index contributed by atoms with van der Waals surface area (Å²) in [6.45, 7) is 0. The van der Waals surface area contributed by atoms with Gasteiger partial charge in [-0.3, -0.25) is 0 Å². The van der Waals surface area contributed by atoms with Crippen molar-refractivity contribution >= 4 is 0 Å². The van der Waals surface area contributed by atoms with E-state index < -0.39 is 0 Å². The van der Waals surface area contributed by atoms with Crippen LogP contribution in [0, 0.1) is 0 Å². The predicted molar refractivity (Wildman–Crippen MR) is 194 cm³/mol. The van der Waals surface area contributed by atoms with Gasteiger partial charge in [0.05, 0.1) is 0 Å². The molecule has 0 N–H and O–H groups in total. The van der Waals surface area contributed by atoms with Crippen molar-refractivity contribution in [3.63, 3.8) is 0 Å². The van der Waals surface area contributed by atoms with Gasteiger partial charge in [0.1, 0.15) is 0 Å². The first-order valence-electron chi connectivity index (χ1n) is 16.2. The Morgan fingerprint density at radius 2 is 0.531 bits per heavy atom. The molecule has 2 aromatic heterocycles. The van der Waals surface area contributed by atoms with Gasteiger partial charge in [-0.1, -0.05) is 133 Å². The molecular formula is C43H28N6. The van der Waals surface area contributed by atoms with Gasteiger partial charge in [0, 0.05) is 33.4 Å². The number of fused-ring (bicyclic) bond motifs is 17. The highest BCUT2D eigenvalue weighted by Gasteiger charge is 2.16. The van der Waals surface area contributed by atoms with Crippen LogP contribution in [-0.4, -0.2) is 29.9 Å². The van der Waals surface area contributed by atoms with Gasteiger partial charge in [0.15, 0.2) is 34.9 Å². The van der Waals surface area contributed by atoms with Gasteiger partial charge < -0.3 is 0 Å². The number of hydrogen-bond acceptors (Lipinski definition) is 6. The summed E-state index contributed by atoms with van der Waals surface area (Å²) in [5.74, 6) is 3.77. The quantitative estimate of drug-likeness (QED) is 0.190. The van der Waals surface area contributed by atoms with Gasteiger partial charge in [-0.15, -0.1) is 0 Å². The summed E-state index contributed by atoms with van der Waals surface area (Å²) in [5, 5.41) is 0. The molecule has 0 amide bonds. The molecule has 1 aliphatic heterocycles. The molecule has 0 unspecified atom stereocenters. The van der Waals surface area contributed by atoms with E-state index in [1.165, 1.54) is 0 Å². The van der Waals surface area contributed by atoms with E-state index in [1.54, 1.807) is 0 Å². The third-order valence-electron chi connectivity index (χ3n) is 8.69. The first-order chi connectivity index (χ1) is 24.2. The van der Waals surface area contributed by atoms with Crippen molar-refractivity contribution in [1.82, 2.24) is 29.9 Å². The Balaban J connectivity index is 1.28. The average Bonchev–Trinajstić information content (AvgIpc) is 3.18. The lowest BCUT2D eigenvalue weighted by Gasteiger charge is -2.11. The molecule has 6 nitrogen and oxygen atoms in total. The van der Waals surface area contributed by atoms with Gasteiger partial charge >= 0.3 is 0 Å². The fourth-order valence-electron chi connectivity index (χ4n) is 6.25. The monoisotopic (exact) mass is 628 g/mol. The summed E-state index contributed by atoms with van der Waals surface area (Å²) in [4.78, 5) is 30.0. The lowest BCUT2D eigenvalue weighted by molar-refractivity contribution is 1.07. The third kappa shape index (κ3) is 5.77. The summed E-state index contributed by atoms with van der Waals surface area (Å²) >= 11 is 0. The maximum Gasteiger partial charge on any atom is 0.164 e. The molecular weight excluding hydrogens is 601 g/mol. The zero-order chi connectivity index (χ0) is 32.6. The number of nitrogens with zero attached hydrogens (tertiary/aromatic N) is 6. The van der Waals surface area contributed by atoms with Gasteiger partial charge in [0.25, 0.3) is 0 Å². The molecule has 0 spiro atoms. The molecule has 0 atom stereocenters. The molecule has 0 radical (unpaired) electrons. The molecule has 8 aromatic rings. The summed E-state index contributed by atoms with van der Waals surface area (Å²) in [5.41, 5.74) is 9.92. The molecule has 12 bridgehead atoms. The Kier molecular flexibility index (Phi) is 7.09. The van der Waals surface area contributed by atoms with E-state index >= 15 is 0 Å². The first kappa shape index (κ1) is 28.6. The Morgan fingerprint density at radius 1 is 0.245 bits per heavy atom. The van der Waals surface area contributed by atoms with Crippen molar-refractivity contribution in [1.29, 1.82) is 0 Å². The second-order valence-electron chi connectivity index (χ2n) is 12.1. The second-order valence-corrected chi connectivity index (χ2v) is 12.1. The maximum atomic E-state index is 5.05. The molecule has 0 fully saturated rings. The van der Waals surface area contributed by atoms with Crippen molar-refractivity contribution in [2.24, 2.45) is 0 Å². The van der Waals surface area contributed by atoms with Crippen LogP contribution in [0.4, 0.5) is 0 Å². The third-order valence-corrected chi connectivity index (χ3v) is 8.69. The van der Waals surface area contributed by atoms with E-state index in [2.05, 4.69) is 84.9 Å². The van der Waals surface area contributed by atoms with Crippen LogP contribution in [0.3, 0.4) is 0 Å². The van der Waals surface area contributed by atoms with Crippen LogP contribution in [-0.2, 0) is 6.42 Å². The zero-order valence-electron chi connectivity index (χ0n) is 26.4. The fourth-order valence-corrected chi connectivity index (χ4v) is 6.25. The highest BCUT2D eigenvalue weighted by Crippen LogP contribution is 2.32. The Labute approximate surface area is 284 Å². The van der Waals surface area contributed by atoms with Crippen molar-refractivity contribution < 1.29 is 0 Å². The average molecular weight is 629 g/mol. The molecule has 230 valence electrons. The van der Waals surface area contributed by atoms with Gasteiger partial charge in [0.2, 0.25) is 0 Å². The van der Waals surface area contributed by atoms with Gasteiger partial charge in [-0.25, -0.2) is 29.9 Å². The minimum absolute atomic E-state index is 0.618. The molecule has 3 heterocycles. The molecule has 1 aliphatic rings. The summed E-state index contributed by atoms with van der Waals surface area (Å²) < 4.78 is 0. The highest BCUT2D eigenvalue weighted by molar-refractivity contribution is 5.76. The topological polar surface area (TPSA) is 77.3 Å². The van der Waals surface area contributed by atoms with E-state index in [1.807, 2.05) is 72.8 Å². The van der Waals surface area contributed by atoms with Crippen LogP contribution in [0.15, 0.2) is 158 Å². The summed E-state index contributed by atoms with van der Waals surface area (Å²) in [6.07, 6.45) is 0.721. The maximum absolute atomic E-state index is 5.05. The summed E-state index contributed by atoms with van der Waals surface area (Å²) in [6, 6.07) is 53.7. The van der Waals surface area contributed by atoms with Gasteiger partial charge in [-0.05, 0) is 52.9 Å². The van der Waals surface area contributed by atoms with E-state index in [0.717, 1.165) is 62.1 Å². The number of hydrogen-bond donors (Lipinski definition) is 0. The predicted octanol–water partition coefficient (Wildman–Crippen LogP) is 9.63. The van der Waals surface area contributed by atoms with Crippen LogP contribution in [0.5, 0.6) is 0 Å². The highest BCUT2D eigenvalue weighted by atomic mass is 15.0. The lowest BCUT2D eigenvalue weighted by Crippen LogP contribution is -2.01. The lowest BCUT2D eigenvalue weighted by atomic mass is 10.0. The normalized spacial score (nSPS) is 11.6. The van der Waals surface area contributed by atoms with Crippen LogP contribution in [0.2, 0.25) is 0 Å². The Morgan fingerprint density at radius 3 is 0.918 bits per heavy atom. The molecule has 49 heavy (non-hydrogen) atoms. The Hall–Kier alpha value is -6.66. The minimum atomic E-state index is 0.618. The van der Waals surface area contributed by atoms with Crippen molar-refractivity contribution in [3.8, 4) is 79.5 Å². The number of rotatable bonds is 2. The molecule has 0 saturated heterocycles. The molecule has 0 aliphatic carbocycles. The molecule has 0 saturated carbocycles. The fraction of sp³-hybridized carbons (Fsp3) is 0.0233. The van der Waals surface area contributed by atoms with Crippen LogP contribution < -0.4 is 0 Å². The standard InChI is InChI=1S/C43H28N6/c1-3-13-30(14-4-1)38-44-40-34-19-7-11-28(24-34)23-29-12-8-20-35(25-29)41-45-39(31-15-5-2-6-16-31)47-43(49-41)37-22-10-18-33(27-37)32-17-9-21-36(26-32)42(46-38)48-40/h1-22,24-27H,23H2. The van der Waals surface area contributed by atoms with Crippen LogP contribution in [0.1, 0.15) is 11.1 Å². The molecule has 6 heteroatoms. The Bertz CT molecular complexity index is 2300. The largest absolute Gasteiger partial charge is 0.208 e. The van der Waals surface area contributed by atoms with Crippen molar-refractivity contribution in [2.45, 2.75) is 6.42 Å². The molecule has 6 aromatic carbocycles. The number of benzene rings is 6. The summed E-state index contributed by atoms with van der Waals surface area (Å²) in [7, 11) is 0. The van der Waals surface area contributed by atoms with E-state index in [-0.39, 0.29) is 0 Å².